The lowest BCUT2D eigenvalue weighted by atomic mass is 9.78. The second kappa shape index (κ2) is 6.89. The molecule has 0 aliphatic heterocycles. The molecule has 1 rings (SSSR count). The molecular weight excluding hydrogens is 211 g/mol. The summed E-state index contributed by atoms with van der Waals surface area (Å²) in [6.45, 7) is 5.59. The van der Waals surface area contributed by atoms with E-state index in [9.17, 15) is 10.0 Å². The third-order valence-electron chi connectivity index (χ3n) is 2.54. The van der Waals surface area contributed by atoms with Crippen LogP contribution in [0.3, 0.4) is 0 Å². The van der Waals surface area contributed by atoms with Gasteiger partial charge in [-0.25, -0.2) is 0 Å². The number of hydrogen-bond donors (Lipinski definition) is 2. The fourth-order valence-corrected chi connectivity index (χ4v) is 1.51. The average molecular weight is 228 g/mol. The maximum absolute atomic E-state index is 9.19. The van der Waals surface area contributed by atoms with Crippen LogP contribution in [0.1, 0.15) is 11.1 Å². The Morgan fingerprint density at radius 2 is 2.06 bits per heavy atom. The second-order valence-corrected chi connectivity index (χ2v) is 3.80. The predicted molar refractivity (Wildman–Crippen MR) is 72.5 cm³/mol. The van der Waals surface area contributed by atoms with Gasteiger partial charge in [0.05, 0.1) is 0 Å². The highest BCUT2D eigenvalue weighted by atomic mass is 16.4. The van der Waals surface area contributed by atoms with Crippen LogP contribution in [0.4, 0.5) is 0 Å². The van der Waals surface area contributed by atoms with E-state index in [0.29, 0.717) is 11.9 Å². The van der Waals surface area contributed by atoms with Crippen LogP contribution in [-0.2, 0) is 6.42 Å². The van der Waals surface area contributed by atoms with Gasteiger partial charge in [0.2, 0.25) is 0 Å². The van der Waals surface area contributed by atoms with E-state index < -0.39 is 7.12 Å². The summed E-state index contributed by atoms with van der Waals surface area (Å²) in [5.41, 5.74) is 2.86. The van der Waals surface area contributed by atoms with Gasteiger partial charge >= 0.3 is 7.12 Å². The number of aryl methyl sites for hydroxylation is 1. The molecule has 88 valence electrons. The normalized spacial score (nSPS) is 11.8. The first-order valence-corrected chi connectivity index (χ1v) is 5.55. The third kappa shape index (κ3) is 4.43. The number of rotatable bonds is 5. The van der Waals surface area contributed by atoms with Gasteiger partial charge in [-0.3, -0.25) is 0 Å². The van der Waals surface area contributed by atoms with Gasteiger partial charge in [-0.1, -0.05) is 55.1 Å². The first kappa shape index (κ1) is 13.5. The highest BCUT2D eigenvalue weighted by Crippen LogP contribution is 2.10. The zero-order chi connectivity index (χ0) is 12.7. The monoisotopic (exact) mass is 228 g/mol. The van der Waals surface area contributed by atoms with E-state index in [2.05, 4.69) is 6.58 Å². The van der Waals surface area contributed by atoms with Crippen molar-refractivity contribution in [3.8, 4) is 0 Å². The summed E-state index contributed by atoms with van der Waals surface area (Å²) in [5, 5.41) is 18.4. The van der Waals surface area contributed by atoms with Gasteiger partial charge < -0.3 is 10.0 Å². The first-order valence-electron chi connectivity index (χ1n) is 5.55. The maximum atomic E-state index is 9.19. The molecule has 17 heavy (non-hydrogen) atoms. The lowest BCUT2D eigenvalue weighted by molar-refractivity contribution is 0.420. The van der Waals surface area contributed by atoms with Gasteiger partial charge in [-0.15, -0.1) is 0 Å². The molecule has 2 nitrogen and oxygen atoms in total. The zero-order valence-corrected chi connectivity index (χ0v) is 10.0. The van der Waals surface area contributed by atoms with Gasteiger partial charge in [-0.05, 0) is 29.9 Å². The Labute approximate surface area is 103 Å². The lowest BCUT2D eigenvalue weighted by Gasteiger charge is -2.04. The van der Waals surface area contributed by atoms with Crippen LogP contribution in [0.5, 0.6) is 0 Å². The Balaban J connectivity index is 2.83. The zero-order valence-electron chi connectivity index (χ0n) is 10.0. The molecule has 0 radical (unpaired) electrons. The van der Waals surface area contributed by atoms with Crippen LogP contribution >= 0.6 is 0 Å². The summed E-state index contributed by atoms with van der Waals surface area (Å²) in [4.78, 5) is 0. The number of benzene rings is 1. The summed E-state index contributed by atoms with van der Waals surface area (Å²) in [6.07, 6.45) is 7.43. The molecule has 0 heterocycles. The fourth-order valence-electron chi connectivity index (χ4n) is 1.51. The van der Waals surface area contributed by atoms with Crippen LogP contribution in [0.15, 0.2) is 60.6 Å². The molecule has 0 aromatic heterocycles. The minimum Gasteiger partial charge on any atom is -0.423 e. The van der Waals surface area contributed by atoms with Gasteiger partial charge in [0.15, 0.2) is 0 Å². The molecule has 0 aliphatic rings. The Hall–Kier alpha value is -1.58. The highest BCUT2D eigenvalue weighted by molar-refractivity contribution is 6.51. The topological polar surface area (TPSA) is 40.5 Å². The third-order valence-corrected chi connectivity index (χ3v) is 2.54. The molecule has 1 aromatic carbocycles. The summed E-state index contributed by atoms with van der Waals surface area (Å²) in [6, 6.07) is 8.04. The van der Waals surface area contributed by atoms with Crippen molar-refractivity contribution in [2.45, 2.75) is 13.3 Å². The van der Waals surface area contributed by atoms with Gasteiger partial charge in [0.1, 0.15) is 0 Å². The molecule has 3 heteroatoms. The minimum absolute atomic E-state index is 0.480. The quantitative estimate of drug-likeness (QED) is 0.599. The van der Waals surface area contributed by atoms with Crippen molar-refractivity contribution in [1.29, 1.82) is 0 Å². The minimum atomic E-state index is -1.45. The molecule has 0 amide bonds. The predicted octanol–water partition coefficient (Wildman–Crippen LogP) is 2.22. The summed E-state index contributed by atoms with van der Waals surface area (Å²) in [7, 11) is -1.45. The SMILES string of the molecule is C=C/C=C\C(=C/Cc1ccccc1C)B(O)O. The summed E-state index contributed by atoms with van der Waals surface area (Å²) < 4.78 is 0. The molecule has 0 unspecified atom stereocenters. The molecule has 0 fully saturated rings. The highest BCUT2D eigenvalue weighted by Gasteiger charge is 2.10. The van der Waals surface area contributed by atoms with Gasteiger partial charge in [0.25, 0.3) is 0 Å². The van der Waals surface area contributed by atoms with Crippen LogP contribution in [0, 0.1) is 6.92 Å². The average Bonchev–Trinajstić information content (AvgIpc) is 2.31. The van der Waals surface area contributed by atoms with E-state index in [-0.39, 0.29) is 0 Å². The molecule has 0 spiro atoms. The van der Waals surface area contributed by atoms with Crippen molar-refractivity contribution in [2.24, 2.45) is 0 Å². The second-order valence-electron chi connectivity index (χ2n) is 3.80. The largest absolute Gasteiger partial charge is 0.488 e. The molecule has 1 aromatic rings. The van der Waals surface area contributed by atoms with Crippen molar-refractivity contribution >= 4 is 7.12 Å². The van der Waals surface area contributed by atoms with E-state index in [4.69, 9.17) is 0 Å². The standard InChI is InChI=1S/C14H17BO2/c1-3-4-9-14(15(16)17)11-10-13-8-6-5-7-12(13)2/h3-9,11,16-17H,1,10H2,2H3/b9-4-,14-11+. The van der Waals surface area contributed by atoms with Crippen molar-refractivity contribution < 1.29 is 10.0 Å². The van der Waals surface area contributed by atoms with Gasteiger partial charge in [-0.2, -0.15) is 0 Å². The van der Waals surface area contributed by atoms with E-state index >= 15 is 0 Å². The number of allylic oxidation sites excluding steroid dienone is 5. The summed E-state index contributed by atoms with van der Waals surface area (Å²) >= 11 is 0. The van der Waals surface area contributed by atoms with Gasteiger partial charge in [0, 0.05) is 0 Å². The van der Waals surface area contributed by atoms with Crippen LogP contribution in [-0.4, -0.2) is 17.2 Å². The Bertz CT molecular complexity index is 434. The molecule has 0 aliphatic carbocycles. The molecule has 0 bridgehead atoms. The van der Waals surface area contributed by atoms with E-state index in [1.807, 2.05) is 37.3 Å². The smallest absolute Gasteiger partial charge is 0.423 e. The Kier molecular flexibility index (Phi) is 5.47. The van der Waals surface area contributed by atoms with E-state index in [1.54, 1.807) is 18.2 Å². The van der Waals surface area contributed by atoms with Crippen LogP contribution in [0.25, 0.3) is 0 Å². The summed E-state index contributed by atoms with van der Waals surface area (Å²) in [5.74, 6) is 0. The first-order chi connectivity index (χ1) is 8.15. The molecule has 2 N–H and O–H groups in total. The van der Waals surface area contributed by atoms with E-state index in [0.717, 1.165) is 0 Å². The Morgan fingerprint density at radius 1 is 1.35 bits per heavy atom. The molecule has 0 saturated heterocycles. The van der Waals surface area contributed by atoms with E-state index in [1.165, 1.54) is 11.1 Å². The molecule has 0 atom stereocenters. The fraction of sp³-hybridized carbons (Fsp3) is 0.143. The lowest BCUT2D eigenvalue weighted by Crippen LogP contribution is -2.14. The molecular formula is C14H17BO2. The van der Waals surface area contributed by atoms with Crippen molar-refractivity contribution in [3.05, 3.63) is 71.7 Å². The van der Waals surface area contributed by atoms with Crippen LogP contribution < -0.4 is 0 Å². The molecule has 0 saturated carbocycles. The van der Waals surface area contributed by atoms with Crippen molar-refractivity contribution in [1.82, 2.24) is 0 Å². The Morgan fingerprint density at radius 3 is 2.65 bits per heavy atom. The van der Waals surface area contributed by atoms with Crippen LogP contribution in [0.2, 0.25) is 0 Å². The number of hydrogen-bond acceptors (Lipinski definition) is 2. The van der Waals surface area contributed by atoms with Crippen molar-refractivity contribution in [3.63, 3.8) is 0 Å². The maximum Gasteiger partial charge on any atom is 0.488 e. The van der Waals surface area contributed by atoms with Crippen molar-refractivity contribution in [2.75, 3.05) is 0 Å².